The fourth-order valence-corrected chi connectivity index (χ4v) is 2.59. The van der Waals surface area contributed by atoms with Crippen molar-refractivity contribution in [3.05, 3.63) is 0 Å². The highest BCUT2D eigenvalue weighted by molar-refractivity contribution is 7.89. The van der Waals surface area contributed by atoms with E-state index in [1.54, 1.807) is 0 Å². The molecule has 1 heterocycles. The number of halogens is 3. The molecule has 1 rings (SSSR count). The van der Waals surface area contributed by atoms with Gasteiger partial charge in [-0.25, -0.2) is 8.42 Å². The van der Waals surface area contributed by atoms with E-state index in [0.29, 0.717) is 6.42 Å². The first-order valence-corrected chi connectivity index (χ1v) is 5.02. The molecule has 72 valence electrons. The van der Waals surface area contributed by atoms with Crippen molar-refractivity contribution in [2.24, 2.45) is 0 Å². The molecule has 0 atom stereocenters. The van der Waals surface area contributed by atoms with Gasteiger partial charge in [0, 0.05) is 6.54 Å². The Kier molecular flexibility index (Phi) is 2.35. The molecule has 0 bridgehead atoms. The summed E-state index contributed by atoms with van der Waals surface area (Å²) in [6.45, 7) is -0.439. The van der Waals surface area contributed by atoms with E-state index in [0.717, 1.165) is 0 Å². The van der Waals surface area contributed by atoms with Crippen molar-refractivity contribution in [2.45, 2.75) is 19.1 Å². The summed E-state index contributed by atoms with van der Waals surface area (Å²) in [4.78, 5) is 0. The van der Waals surface area contributed by atoms with Crippen LogP contribution < -0.4 is 0 Å². The lowest BCUT2D eigenvalue weighted by Gasteiger charge is -2.27. The molecule has 1 saturated heterocycles. The molecule has 3 nitrogen and oxygen atoms in total. The lowest BCUT2D eigenvalue weighted by Crippen LogP contribution is -2.46. The molecule has 7 heteroatoms. The van der Waals surface area contributed by atoms with E-state index in [4.69, 9.17) is 0 Å². The molecule has 0 aromatic carbocycles. The second-order valence-electron chi connectivity index (χ2n) is 2.56. The molecule has 1 aliphatic heterocycles. The zero-order valence-corrected chi connectivity index (χ0v) is 6.95. The van der Waals surface area contributed by atoms with Crippen LogP contribution in [0, 0.1) is 0 Å². The topological polar surface area (TPSA) is 37.4 Å². The predicted octanol–water partition coefficient (Wildman–Crippen LogP) is 0.932. The van der Waals surface area contributed by atoms with Gasteiger partial charge in [0.25, 0.3) is 0 Å². The number of nitrogens with zero attached hydrogens (tertiary/aromatic N) is 1. The smallest absolute Gasteiger partial charge is 0.212 e. The van der Waals surface area contributed by atoms with Crippen molar-refractivity contribution >= 4 is 10.0 Å². The minimum atomic E-state index is -4.75. The number of hydrogen-bond donors (Lipinski definition) is 0. The van der Waals surface area contributed by atoms with E-state index in [-0.39, 0.29) is 10.7 Å². The van der Waals surface area contributed by atoms with E-state index in [1.165, 1.54) is 0 Å². The maximum absolute atomic E-state index is 12.0. The van der Waals surface area contributed by atoms with Gasteiger partial charge < -0.3 is 0 Å². The Balaban J connectivity index is 2.89. The lowest BCUT2D eigenvalue weighted by atomic mass is 10.3. The molecule has 0 aromatic rings. The summed E-state index contributed by atoms with van der Waals surface area (Å²) in [5, 5.41) is 0. The molecule has 0 unspecified atom stereocenters. The van der Waals surface area contributed by atoms with E-state index >= 15 is 0 Å². The van der Waals surface area contributed by atoms with Crippen LogP contribution in [-0.4, -0.2) is 31.3 Å². The standard InChI is InChI=1S/C5H8F3NO2S/c6-5(7,8)9-3-1-2-4-12(9,10)11/h1-4H2. The Morgan fingerprint density at radius 2 is 1.75 bits per heavy atom. The van der Waals surface area contributed by atoms with Gasteiger partial charge in [-0.05, 0) is 12.8 Å². The summed E-state index contributed by atoms with van der Waals surface area (Å²) in [6.07, 6.45) is -4.16. The molecule has 1 fully saturated rings. The van der Waals surface area contributed by atoms with Gasteiger partial charge in [0.2, 0.25) is 10.0 Å². The summed E-state index contributed by atoms with van der Waals surface area (Å²) in [6, 6.07) is 0. The van der Waals surface area contributed by atoms with Crippen molar-refractivity contribution in [1.82, 2.24) is 4.31 Å². The monoisotopic (exact) mass is 203 g/mol. The second kappa shape index (κ2) is 2.88. The molecule has 0 spiro atoms. The normalized spacial score (nSPS) is 25.6. The summed E-state index contributed by atoms with van der Waals surface area (Å²) in [5.74, 6) is -0.396. The van der Waals surface area contributed by atoms with E-state index in [2.05, 4.69) is 0 Å². The molecule has 0 amide bonds. The Morgan fingerprint density at radius 1 is 1.17 bits per heavy atom. The van der Waals surface area contributed by atoms with Gasteiger partial charge >= 0.3 is 6.30 Å². The highest BCUT2D eigenvalue weighted by Crippen LogP contribution is 2.28. The second-order valence-corrected chi connectivity index (χ2v) is 4.58. The fourth-order valence-electron chi connectivity index (χ4n) is 1.07. The van der Waals surface area contributed by atoms with Crippen LogP contribution in [0.4, 0.5) is 13.2 Å². The number of sulfonamides is 1. The van der Waals surface area contributed by atoms with Crippen molar-refractivity contribution in [1.29, 1.82) is 0 Å². The van der Waals surface area contributed by atoms with Gasteiger partial charge in [-0.1, -0.05) is 0 Å². The average molecular weight is 203 g/mol. The van der Waals surface area contributed by atoms with Crippen molar-refractivity contribution in [3.63, 3.8) is 0 Å². The first kappa shape index (κ1) is 9.79. The maximum Gasteiger partial charge on any atom is 0.473 e. The predicted molar refractivity (Wildman–Crippen MR) is 35.8 cm³/mol. The zero-order valence-electron chi connectivity index (χ0n) is 6.13. The van der Waals surface area contributed by atoms with E-state index in [9.17, 15) is 21.6 Å². The molecule has 12 heavy (non-hydrogen) atoms. The largest absolute Gasteiger partial charge is 0.473 e. The molecular weight excluding hydrogens is 195 g/mol. The fraction of sp³-hybridized carbons (Fsp3) is 1.00. The van der Waals surface area contributed by atoms with Gasteiger partial charge in [-0.3, -0.25) is 0 Å². The van der Waals surface area contributed by atoms with Crippen LogP contribution in [0.2, 0.25) is 0 Å². The first-order chi connectivity index (χ1) is 5.34. The summed E-state index contributed by atoms with van der Waals surface area (Å²) >= 11 is 0. The Bertz CT molecular complexity index is 258. The average Bonchev–Trinajstić information content (AvgIpc) is 1.83. The number of hydrogen-bond acceptors (Lipinski definition) is 2. The third-order valence-corrected chi connectivity index (χ3v) is 3.50. The molecule has 0 radical (unpaired) electrons. The van der Waals surface area contributed by atoms with Crippen molar-refractivity contribution in [2.75, 3.05) is 12.3 Å². The van der Waals surface area contributed by atoms with Crippen LogP contribution in [-0.2, 0) is 10.0 Å². The van der Waals surface area contributed by atoms with Crippen LogP contribution >= 0.6 is 0 Å². The molecule has 0 saturated carbocycles. The molecule has 1 aliphatic rings. The molecular formula is C5H8F3NO2S. The number of rotatable bonds is 0. The Labute approximate surface area is 68.2 Å². The van der Waals surface area contributed by atoms with Gasteiger partial charge in [0.15, 0.2) is 0 Å². The SMILES string of the molecule is O=S1(=O)CCCCN1C(F)(F)F. The molecule has 0 aromatic heterocycles. The summed E-state index contributed by atoms with van der Waals surface area (Å²) < 4.78 is 57.2. The van der Waals surface area contributed by atoms with Crippen LogP contribution in [0.3, 0.4) is 0 Å². The van der Waals surface area contributed by atoms with E-state index in [1.807, 2.05) is 0 Å². The number of alkyl halides is 3. The van der Waals surface area contributed by atoms with E-state index < -0.39 is 28.6 Å². The van der Waals surface area contributed by atoms with Gasteiger partial charge in [0.1, 0.15) is 0 Å². The van der Waals surface area contributed by atoms with Crippen LogP contribution in [0.25, 0.3) is 0 Å². The lowest BCUT2D eigenvalue weighted by molar-refractivity contribution is -0.211. The van der Waals surface area contributed by atoms with Crippen molar-refractivity contribution in [3.8, 4) is 0 Å². The Hall–Kier alpha value is -0.300. The minimum absolute atomic E-state index is 0.277. The Morgan fingerprint density at radius 3 is 2.08 bits per heavy atom. The molecule has 0 N–H and O–H groups in total. The van der Waals surface area contributed by atoms with Gasteiger partial charge in [-0.2, -0.15) is 13.2 Å². The first-order valence-electron chi connectivity index (χ1n) is 3.41. The van der Waals surface area contributed by atoms with Crippen LogP contribution in [0.5, 0.6) is 0 Å². The minimum Gasteiger partial charge on any atom is -0.212 e. The van der Waals surface area contributed by atoms with Crippen LogP contribution in [0.15, 0.2) is 0 Å². The summed E-state index contributed by atoms with van der Waals surface area (Å²) in [7, 11) is -4.07. The quantitative estimate of drug-likeness (QED) is 0.549. The maximum atomic E-state index is 12.0. The third-order valence-electron chi connectivity index (χ3n) is 1.63. The van der Waals surface area contributed by atoms with Crippen molar-refractivity contribution < 1.29 is 21.6 Å². The highest BCUT2D eigenvalue weighted by atomic mass is 32.2. The van der Waals surface area contributed by atoms with Gasteiger partial charge in [0.05, 0.1) is 5.75 Å². The third kappa shape index (κ3) is 1.89. The highest BCUT2D eigenvalue weighted by Gasteiger charge is 2.46. The van der Waals surface area contributed by atoms with Crippen LogP contribution in [0.1, 0.15) is 12.8 Å². The van der Waals surface area contributed by atoms with Gasteiger partial charge in [-0.15, -0.1) is 4.31 Å². The molecule has 0 aliphatic carbocycles. The summed E-state index contributed by atoms with van der Waals surface area (Å²) in [5.41, 5.74) is 0. The zero-order chi connectivity index (χ0) is 9.41.